The van der Waals surface area contributed by atoms with E-state index in [1.54, 1.807) is 0 Å². The lowest BCUT2D eigenvalue weighted by Gasteiger charge is -2.39. The van der Waals surface area contributed by atoms with Gasteiger partial charge in [-0.2, -0.15) is 0 Å². The predicted octanol–water partition coefficient (Wildman–Crippen LogP) is 3.23. The summed E-state index contributed by atoms with van der Waals surface area (Å²) in [6.45, 7) is 5.38. The first-order valence-corrected chi connectivity index (χ1v) is 7.03. The van der Waals surface area contributed by atoms with E-state index in [1.807, 2.05) is 13.1 Å². The summed E-state index contributed by atoms with van der Waals surface area (Å²) < 4.78 is 6.17. The molecule has 1 aliphatic carbocycles. The van der Waals surface area contributed by atoms with Gasteiger partial charge < -0.3 is 10.1 Å². The largest absolute Gasteiger partial charge is 0.372 e. The number of ether oxygens (including phenoxy) is 1. The third kappa shape index (κ3) is 3.33. The molecule has 1 aromatic carbocycles. The van der Waals surface area contributed by atoms with Crippen LogP contribution in [0.1, 0.15) is 32.3 Å². The van der Waals surface area contributed by atoms with Crippen LogP contribution in [0.4, 0.5) is 0 Å². The fourth-order valence-corrected chi connectivity index (χ4v) is 3.16. The number of hydrogen-bond acceptors (Lipinski definition) is 2. The molecule has 0 heterocycles. The molecular weight excluding hydrogens is 222 g/mol. The third-order valence-corrected chi connectivity index (χ3v) is 4.04. The van der Waals surface area contributed by atoms with Crippen molar-refractivity contribution in [3.8, 4) is 0 Å². The van der Waals surface area contributed by atoms with Gasteiger partial charge in [-0.25, -0.2) is 0 Å². The molecule has 0 bridgehead atoms. The fraction of sp³-hybridized carbons (Fsp3) is 0.625. The van der Waals surface area contributed by atoms with Crippen molar-refractivity contribution in [2.75, 3.05) is 7.05 Å². The highest BCUT2D eigenvalue weighted by molar-refractivity contribution is 5.13. The Morgan fingerprint density at radius 1 is 1.17 bits per heavy atom. The molecule has 1 aliphatic rings. The predicted molar refractivity (Wildman–Crippen MR) is 75.4 cm³/mol. The van der Waals surface area contributed by atoms with Gasteiger partial charge in [0.1, 0.15) is 0 Å². The lowest BCUT2D eigenvalue weighted by Crippen LogP contribution is -2.48. The maximum atomic E-state index is 6.17. The van der Waals surface area contributed by atoms with E-state index < -0.39 is 0 Å². The van der Waals surface area contributed by atoms with Gasteiger partial charge in [-0.1, -0.05) is 44.2 Å². The van der Waals surface area contributed by atoms with Gasteiger partial charge in [-0.05, 0) is 37.3 Å². The Labute approximate surface area is 111 Å². The Morgan fingerprint density at radius 2 is 1.89 bits per heavy atom. The van der Waals surface area contributed by atoms with Crippen LogP contribution in [0.25, 0.3) is 0 Å². The summed E-state index contributed by atoms with van der Waals surface area (Å²) >= 11 is 0. The van der Waals surface area contributed by atoms with Crippen LogP contribution in [-0.4, -0.2) is 19.2 Å². The van der Waals surface area contributed by atoms with Crippen LogP contribution in [0.15, 0.2) is 30.3 Å². The number of hydrogen-bond donors (Lipinski definition) is 1. The molecule has 1 fully saturated rings. The SMILES string of the molecule is CNC1CC(C)CC(C)C1OCc1ccccc1. The Hall–Kier alpha value is -0.860. The van der Waals surface area contributed by atoms with Crippen molar-refractivity contribution in [1.82, 2.24) is 5.32 Å². The van der Waals surface area contributed by atoms with E-state index in [1.165, 1.54) is 18.4 Å². The molecule has 2 rings (SSSR count). The Kier molecular flexibility index (Phi) is 4.79. The summed E-state index contributed by atoms with van der Waals surface area (Å²) in [6.07, 6.45) is 2.84. The van der Waals surface area contributed by atoms with Crippen molar-refractivity contribution in [3.63, 3.8) is 0 Å². The minimum atomic E-state index is 0.339. The van der Waals surface area contributed by atoms with Crippen molar-refractivity contribution < 1.29 is 4.74 Å². The number of likely N-dealkylation sites (N-methyl/N-ethyl adjacent to an activating group) is 1. The molecule has 2 nitrogen and oxygen atoms in total. The zero-order valence-corrected chi connectivity index (χ0v) is 11.7. The molecule has 4 atom stereocenters. The quantitative estimate of drug-likeness (QED) is 0.882. The van der Waals surface area contributed by atoms with Crippen molar-refractivity contribution in [2.24, 2.45) is 11.8 Å². The normalized spacial score (nSPS) is 32.4. The molecule has 1 aromatic rings. The molecule has 0 aromatic heterocycles. The summed E-state index contributed by atoms with van der Waals surface area (Å²) in [4.78, 5) is 0. The molecule has 100 valence electrons. The zero-order chi connectivity index (χ0) is 13.0. The molecule has 0 saturated heterocycles. The Bertz CT molecular complexity index is 351. The van der Waals surface area contributed by atoms with Crippen molar-refractivity contribution in [1.29, 1.82) is 0 Å². The topological polar surface area (TPSA) is 21.3 Å². The highest BCUT2D eigenvalue weighted by Gasteiger charge is 2.33. The van der Waals surface area contributed by atoms with Crippen LogP contribution < -0.4 is 5.32 Å². The van der Waals surface area contributed by atoms with Gasteiger partial charge in [-0.3, -0.25) is 0 Å². The zero-order valence-electron chi connectivity index (χ0n) is 11.7. The van der Waals surface area contributed by atoms with Gasteiger partial charge in [0.05, 0.1) is 12.7 Å². The number of nitrogens with one attached hydrogen (secondary N) is 1. The molecule has 0 amide bonds. The van der Waals surface area contributed by atoms with Crippen LogP contribution >= 0.6 is 0 Å². The Balaban J connectivity index is 1.94. The average molecular weight is 247 g/mol. The van der Waals surface area contributed by atoms with Gasteiger partial charge >= 0.3 is 0 Å². The average Bonchev–Trinajstić information content (AvgIpc) is 2.38. The highest BCUT2D eigenvalue weighted by Crippen LogP contribution is 2.31. The number of benzene rings is 1. The van der Waals surface area contributed by atoms with Crippen LogP contribution in [-0.2, 0) is 11.3 Å². The van der Waals surface area contributed by atoms with Crippen molar-refractivity contribution >= 4 is 0 Å². The van der Waals surface area contributed by atoms with Crippen molar-refractivity contribution in [3.05, 3.63) is 35.9 Å². The lowest BCUT2D eigenvalue weighted by molar-refractivity contribution is -0.0451. The first kappa shape index (κ1) is 13.6. The monoisotopic (exact) mass is 247 g/mol. The summed E-state index contributed by atoms with van der Waals surface area (Å²) in [5.41, 5.74) is 1.26. The first-order chi connectivity index (χ1) is 8.70. The molecule has 1 saturated carbocycles. The van der Waals surface area contributed by atoms with Crippen LogP contribution in [0.2, 0.25) is 0 Å². The van der Waals surface area contributed by atoms with E-state index in [2.05, 4.69) is 43.4 Å². The summed E-state index contributed by atoms with van der Waals surface area (Å²) in [5.74, 6) is 1.43. The molecular formula is C16H25NO. The summed E-state index contributed by atoms with van der Waals surface area (Å²) in [5, 5.41) is 3.43. The van der Waals surface area contributed by atoms with E-state index in [0.29, 0.717) is 18.1 Å². The summed E-state index contributed by atoms with van der Waals surface area (Å²) in [7, 11) is 2.05. The maximum absolute atomic E-state index is 6.17. The van der Waals surface area contributed by atoms with E-state index in [4.69, 9.17) is 4.74 Å². The smallest absolute Gasteiger partial charge is 0.0758 e. The van der Waals surface area contributed by atoms with Gasteiger partial charge in [0.25, 0.3) is 0 Å². The molecule has 0 aliphatic heterocycles. The van der Waals surface area contributed by atoms with E-state index in [0.717, 1.165) is 12.5 Å². The van der Waals surface area contributed by atoms with E-state index in [-0.39, 0.29) is 0 Å². The van der Waals surface area contributed by atoms with Gasteiger partial charge in [0.15, 0.2) is 0 Å². The Morgan fingerprint density at radius 3 is 2.56 bits per heavy atom. The molecule has 4 unspecified atom stereocenters. The molecule has 1 N–H and O–H groups in total. The van der Waals surface area contributed by atoms with E-state index in [9.17, 15) is 0 Å². The van der Waals surface area contributed by atoms with Crippen LogP contribution in [0.5, 0.6) is 0 Å². The molecule has 18 heavy (non-hydrogen) atoms. The maximum Gasteiger partial charge on any atom is 0.0758 e. The van der Waals surface area contributed by atoms with Gasteiger partial charge in [-0.15, -0.1) is 0 Å². The second-order valence-electron chi connectivity index (χ2n) is 5.71. The minimum Gasteiger partial charge on any atom is -0.372 e. The highest BCUT2D eigenvalue weighted by atomic mass is 16.5. The van der Waals surface area contributed by atoms with E-state index >= 15 is 0 Å². The van der Waals surface area contributed by atoms with Crippen LogP contribution in [0, 0.1) is 11.8 Å². The van der Waals surface area contributed by atoms with Gasteiger partial charge in [0, 0.05) is 6.04 Å². The standard InChI is InChI=1S/C16H25NO/c1-12-9-13(2)16(15(10-12)17-3)18-11-14-7-5-4-6-8-14/h4-8,12-13,15-17H,9-11H2,1-3H3. The number of rotatable bonds is 4. The third-order valence-electron chi connectivity index (χ3n) is 4.04. The first-order valence-electron chi connectivity index (χ1n) is 7.03. The molecule has 2 heteroatoms. The van der Waals surface area contributed by atoms with Gasteiger partial charge in [0.2, 0.25) is 0 Å². The van der Waals surface area contributed by atoms with Crippen molar-refractivity contribution in [2.45, 2.75) is 45.4 Å². The summed E-state index contributed by atoms with van der Waals surface area (Å²) in [6, 6.07) is 10.9. The molecule has 0 spiro atoms. The lowest BCUT2D eigenvalue weighted by atomic mass is 9.78. The second kappa shape index (κ2) is 6.35. The molecule has 0 radical (unpaired) electrons. The van der Waals surface area contributed by atoms with Crippen LogP contribution in [0.3, 0.4) is 0 Å². The minimum absolute atomic E-state index is 0.339. The fourth-order valence-electron chi connectivity index (χ4n) is 3.16. The second-order valence-corrected chi connectivity index (χ2v) is 5.71.